The van der Waals surface area contributed by atoms with Crippen molar-refractivity contribution in [3.8, 4) is 11.8 Å². The van der Waals surface area contributed by atoms with Crippen molar-refractivity contribution in [2.75, 3.05) is 19.7 Å². The molecule has 0 aliphatic rings. The van der Waals surface area contributed by atoms with Gasteiger partial charge in [-0.1, -0.05) is 46.8 Å². The van der Waals surface area contributed by atoms with Gasteiger partial charge in [0.2, 0.25) is 0 Å². The highest BCUT2D eigenvalue weighted by atomic mass is 16.3. The Morgan fingerprint density at radius 3 is 2.36 bits per heavy atom. The Hall–Kier alpha value is -1.46. The maximum atomic E-state index is 10.4. The largest absolute Gasteiger partial charge is 0.494 e. The van der Waals surface area contributed by atoms with E-state index in [9.17, 15) is 10.2 Å². The summed E-state index contributed by atoms with van der Waals surface area (Å²) in [4.78, 5) is 0. The van der Waals surface area contributed by atoms with Crippen LogP contribution in [0.4, 0.5) is 0 Å². The molecule has 1 aromatic heterocycles. The number of aliphatic hydroxyl groups is 1. The van der Waals surface area contributed by atoms with E-state index in [0.29, 0.717) is 31.6 Å². The zero-order valence-electron chi connectivity index (χ0n) is 16.5. The minimum absolute atomic E-state index is 0.0556. The summed E-state index contributed by atoms with van der Waals surface area (Å²) in [6.45, 7) is 17.0. The highest BCUT2D eigenvalue weighted by Gasteiger charge is 2.26. The predicted octanol–water partition coefficient (Wildman–Crippen LogP) is 3.43. The number of nitrogens with one attached hydrogen (secondary N) is 1. The maximum absolute atomic E-state index is 10.4. The van der Waals surface area contributed by atoms with Crippen LogP contribution in [-0.2, 0) is 13.0 Å². The number of aliphatic hydroxyl groups excluding tert-OH is 1. The van der Waals surface area contributed by atoms with Gasteiger partial charge in [0, 0.05) is 31.3 Å². The van der Waals surface area contributed by atoms with Gasteiger partial charge in [0.15, 0.2) is 11.8 Å². The second-order valence-corrected chi connectivity index (χ2v) is 8.98. The van der Waals surface area contributed by atoms with Crippen LogP contribution in [0.2, 0.25) is 0 Å². The number of allylic oxidation sites excluding steroid dienone is 1. The first-order valence-electron chi connectivity index (χ1n) is 9.04. The number of nitrogens with zero attached hydrogens (tertiary/aromatic N) is 1. The van der Waals surface area contributed by atoms with Crippen LogP contribution in [0.25, 0.3) is 0 Å². The Balaban J connectivity index is 2.69. The molecular weight excluding hydrogens is 316 g/mol. The average molecular weight is 353 g/mol. The normalized spacial score (nSPS) is 12.6. The van der Waals surface area contributed by atoms with E-state index >= 15 is 0 Å². The molecule has 0 amide bonds. The monoisotopic (exact) mass is 352 g/mol. The van der Waals surface area contributed by atoms with Gasteiger partial charge in [0.25, 0.3) is 0 Å². The molecule has 5 heteroatoms. The fourth-order valence-electron chi connectivity index (χ4n) is 3.83. The number of rotatable bonds is 10. The Morgan fingerprint density at radius 1 is 1.16 bits per heavy atom. The molecule has 0 radical (unpaired) electrons. The van der Waals surface area contributed by atoms with E-state index in [0.717, 1.165) is 18.4 Å². The standard InChI is InChI=1S/C20H36N2O3/c1-15(13-20(5,6)14-19(2,3)4)11-16-12-17(24)22(18(16)25)9-7-21-8-10-23/h12,21,23-25H,1,7-11,13-14H2,2-6H3. The van der Waals surface area contributed by atoms with Crippen LogP contribution < -0.4 is 5.32 Å². The molecule has 0 aliphatic carbocycles. The molecule has 25 heavy (non-hydrogen) atoms. The highest BCUT2D eigenvalue weighted by molar-refractivity contribution is 5.38. The van der Waals surface area contributed by atoms with Gasteiger partial charge >= 0.3 is 0 Å². The lowest BCUT2D eigenvalue weighted by Crippen LogP contribution is -2.22. The van der Waals surface area contributed by atoms with Crippen molar-refractivity contribution < 1.29 is 15.3 Å². The van der Waals surface area contributed by atoms with Crippen LogP contribution in [0.15, 0.2) is 18.2 Å². The Kier molecular flexibility index (Phi) is 7.57. The molecular formula is C20H36N2O3. The molecule has 1 heterocycles. The third-order valence-corrected chi connectivity index (χ3v) is 4.10. The lowest BCUT2D eigenvalue weighted by atomic mass is 9.73. The smallest absolute Gasteiger partial charge is 0.197 e. The third kappa shape index (κ3) is 7.53. The molecule has 0 unspecified atom stereocenters. The van der Waals surface area contributed by atoms with Crippen molar-refractivity contribution in [1.29, 1.82) is 0 Å². The highest BCUT2D eigenvalue weighted by Crippen LogP contribution is 2.39. The second-order valence-electron chi connectivity index (χ2n) is 8.98. The van der Waals surface area contributed by atoms with E-state index in [2.05, 4.69) is 46.5 Å². The molecule has 144 valence electrons. The Labute approximate surface area is 152 Å². The molecule has 5 nitrogen and oxygen atoms in total. The Morgan fingerprint density at radius 2 is 1.80 bits per heavy atom. The van der Waals surface area contributed by atoms with Crippen LogP contribution in [0.3, 0.4) is 0 Å². The van der Waals surface area contributed by atoms with Gasteiger partial charge in [-0.05, 0) is 30.1 Å². The number of aromatic nitrogens is 1. The van der Waals surface area contributed by atoms with Crippen LogP contribution in [-0.4, -0.2) is 39.6 Å². The Bertz CT molecular complexity index is 568. The van der Waals surface area contributed by atoms with E-state index in [4.69, 9.17) is 5.11 Å². The van der Waals surface area contributed by atoms with E-state index in [1.54, 1.807) is 6.07 Å². The number of aromatic hydroxyl groups is 2. The average Bonchev–Trinajstić information content (AvgIpc) is 2.66. The molecule has 1 aromatic rings. The summed E-state index contributed by atoms with van der Waals surface area (Å²) in [6.07, 6.45) is 2.53. The van der Waals surface area contributed by atoms with Gasteiger partial charge in [-0.15, -0.1) is 0 Å². The quantitative estimate of drug-likeness (QED) is 0.384. The summed E-state index contributed by atoms with van der Waals surface area (Å²) in [5.74, 6) is 0.151. The third-order valence-electron chi connectivity index (χ3n) is 4.10. The van der Waals surface area contributed by atoms with Crippen molar-refractivity contribution in [1.82, 2.24) is 9.88 Å². The van der Waals surface area contributed by atoms with Gasteiger partial charge in [0.05, 0.1) is 6.61 Å². The molecule has 0 fully saturated rings. The van der Waals surface area contributed by atoms with Crippen molar-refractivity contribution in [3.63, 3.8) is 0 Å². The molecule has 0 saturated heterocycles. The molecule has 0 aromatic carbocycles. The summed E-state index contributed by atoms with van der Waals surface area (Å²) in [7, 11) is 0. The summed E-state index contributed by atoms with van der Waals surface area (Å²) < 4.78 is 1.48. The SMILES string of the molecule is C=C(Cc1cc(O)n(CCNCCO)c1O)CC(C)(C)CC(C)(C)C. The van der Waals surface area contributed by atoms with Gasteiger partial charge < -0.3 is 20.6 Å². The van der Waals surface area contributed by atoms with E-state index in [1.165, 1.54) is 4.57 Å². The summed E-state index contributed by atoms with van der Waals surface area (Å²) in [5, 5.41) is 32.2. The van der Waals surface area contributed by atoms with Crippen LogP contribution >= 0.6 is 0 Å². The maximum Gasteiger partial charge on any atom is 0.197 e. The first-order valence-corrected chi connectivity index (χ1v) is 9.04. The molecule has 1 rings (SSSR count). The second kappa shape index (κ2) is 8.77. The van der Waals surface area contributed by atoms with Crippen LogP contribution in [0.1, 0.15) is 53.0 Å². The van der Waals surface area contributed by atoms with E-state index in [-0.39, 0.29) is 29.2 Å². The summed E-state index contributed by atoms with van der Waals surface area (Å²) in [6, 6.07) is 1.61. The first kappa shape index (κ1) is 21.6. The van der Waals surface area contributed by atoms with Gasteiger partial charge in [0.1, 0.15) is 0 Å². The molecule has 0 atom stereocenters. The van der Waals surface area contributed by atoms with E-state index in [1.807, 2.05) is 0 Å². The fraction of sp³-hybridized carbons (Fsp3) is 0.700. The summed E-state index contributed by atoms with van der Waals surface area (Å²) >= 11 is 0. The zero-order chi connectivity index (χ0) is 19.3. The minimum atomic E-state index is 0.0556. The fourth-order valence-corrected chi connectivity index (χ4v) is 3.83. The molecule has 0 spiro atoms. The van der Waals surface area contributed by atoms with E-state index < -0.39 is 0 Å². The zero-order valence-corrected chi connectivity index (χ0v) is 16.5. The van der Waals surface area contributed by atoms with Gasteiger partial charge in [-0.3, -0.25) is 4.57 Å². The molecule has 0 bridgehead atoms. The number of hydrogen-bond donors (Lipinski definition) is 4. The van der Waals surface area contributed by atoms with Crippen molar-refractivity contribution >= 4 is 0 Å². The van der Waals surface area contributed by atoms with Crippen molar-refractivity contribution in [2.45, 2.75) is 60.4 Å². The molecule has 0 aliphatic heterocycles. The predicted molar refractivity (Wildman–Crippen MR) is 103 cm³/mol. The van der Waals surface area contributed by atoms with Gasteiger partial charge in [-0.25, -0.2) is 0 Å². The van der Waals surface area contributed by atoms with Crippen molar-refractivity contribution in [3.05, 3.63) is 23.8 Å². The molecule has 4 N–H and O–H groups in total. The lowest BCUT2D eigenvalue weighted by Gasteiger charge is -2.33. The van der Waals surface area contributed by atoms with Gasteiger partial charge in [-0.2, -0.15) is 0 Å². The topological polar surface area (TPSA) is 77.7 Å². The molecule has 0 saturated carbocycles. The summed E-state index contributed by atoms with van der Waals surface area (Å²) in [5.41, 5.74) is 2.16. The van der Waals surface area contributed by atoms with Crippen molar-refractivity contribution in [2.24, 2.45) is 10.8 Å². The van der Waals surface area contributed by atoms with Crippen LogP contribution in [0, 0.1) is 10.8 Å². The lowest BCUT2D eigenvalue weighted by molar-refractivity contribution is 0.210. The van der Waals surface area contributed by atoms with Crippen LogP contribution in [0.5, 0.6) is 11.8 Å². The number of hydrogen-bond acceptors (Lipinski definition) is 4. The first-order chi connectivity index (χ1) is 11.4. The minimum Gasteiger partial charge on any atom is -0.494 e.